The van der Waals surface area contributed by atoms with Crippen LogP contribution >= 0.6 is 0 Å². The maximum Gasteiger partial charge on any atom is 0.262 e. The van der Waals surface area contributed by atoms with Crippen LogP contribution in [0.5, 0.6) is 5.75 Å². The summed E-state index contributed by atoms with van der Waals surface area (Å²) in [7, 11) is 1.64. The Balaban J connectivity index is 1.48. The van der Waals surface area contributed by atoms with Gasteiger partial charge in [0.15, 0.2) is 0 Å². The molecule has 1 amide bonds. The normalized spacial score (nSPS) is 14.3. The van der Waals surface area contributed by atoms with E-state index in [2.05, 4.69) is 5.32 Å². The van der Waals surface area contributed by atoms with Crippen molar-refractivity contribution < 1.29 is 9.53 Å². The fourth-order valence-electron chi connectivity index (χ4n) is 3.95. The lowest BCUT2D eigenvalue weighted by Gasteiger charge is -2.21. The molecule has 0 atom stereocenters. The van der Waals surface area contributed by atoms with Gasteiger partial charge in [0.2, 0.25) is 0 Å². The monoisotopic (exact) mass is 444 g/mol. The lowest BCUT2D eigenvalue weighted by Crippen LogP contribution is -2.24. The van der Waals surface area contributed by atoms with Gasteiger partial charge in [0.25, 0.3) is 5.91 Å². The first kappa shape index (κ1) is 21.3. The molecule has 34 heavy (non-hydrogen) atoms. The molecule has 1 N–H and O–H groups in total. The number of hydrogen-bond donors (Lipinski definition) is 1. The first-order valence-corrected chi connectivity index (χ1v) is 11.1. The molecule has 4 nitrogen and oxygen atoms in total. The number of amides is 1. The zero-order valence-electron chi connectivity index (χ0n) is 18.8. The standard InChI is InChI=1S/C30H24N2O2/c1-34-28-18-12-22(13-19-28)20-24-21-29(23-8-4-2-5-9-23)32(30(24)33)27-16-14-26(15-17-27)31-25-10-6-3-7-11-25/h2-21,31H,1H3/b24-20+. The summed E-state index contributed by atoms with van der Waals surface area (Å²) in [4.78, 5) is 15.3. The van der Waals surface area contributed by atoms with Crippen LogP contribution in [0.1, 0.15) is 11.1 Å². The van der Waals surface area contributed by atoms with E-state index in [9.17, 15) is 4.79 Å². The van der Waals surface area contributed by atoms with Gasteiger partial charge in [-0.2, -0.15) is 0 Å². The smallest absolute Gasteiger partial charge is 0.262 e. The van der Waals surface area contributed by atoms with Crippen molar-refractivity contribution in [2.45, 2.75) is 0 Å². The zero-order valence-corrected chi connectivity index (χ0v) is 18.8. The van der Waals surface area contributed by atoms with Crippen LogP contribution in [0.4, 0.5) is 17.1 Å². The molecule has 0 aliphatic carbocycles. The predicted octanol–water partition coefficient (Wildman–Crippen LogP) is 6.91. The van der Waals surface area contributed by atoms with Crippen molar-refractivity contribution in [2.24, 2.45) is 0 Å². The Morgan fingerprint density at radius 3 is 2.00 bits per heavy atom. The number of methoxy groups -OCH3 is 1. The summed E-state index contributed by atoms with van der Waals surface area (Å²) in [6, 6.07) is 35.6. The minimum absolute atomic E-state index is 0.0570. The van der Waals surface area contributed by atoms with Crippen molar-refractivity contribution in [3.05, 3.63) is 132 Å². The Labute approximate surface area is 199 Å². The number of nitrogens with zero attached hydrogens (tertiary/aromatic N) is 1. The van der Waals surface area contributed by atoms with Crippen LogP contribution in [0, 0.1) is 0 Å². The Morgan fingerprint density at radius 2 is 1.35 bits per heavy atom. The molecule has 0 unspecified atom stereocenters. The van der Waals surface area contributed by atoms with E-state index in [4.69, 9.17) is 4.74 Å². The second-order valence-corrected chi connectivity index (χ2v) is 7.95. The Morgan fingerprint density at radius 1 is 0.735 bits per heavy atom. The molecule has 0 spiro atoms. The lowest BCUT2D eigenvalue weighted by atomic mass is 10.1. The average Bonchev–Trinajstić information content (AvgIpc) is 3.22. The second-order valence-electron chi connectivity index (χ2n) is 7.95. The van der Waals surface area contributed by atoms with Crippen LogP contribution in [0.3, 0.4) is 0 Å². The number of nitrogens with one attached hydrogen (secondary N) is 1. The van der Waals surface area contributed by atoms with Crippen LogP contribution in [0.15, 0.2) is 121 Å². The number of carbonyl (C=O) groups is 1. The third-order valence-corrected chi connectivity index (χ3v) is 5.68. The van der Waals surface area contributed by atoms with Crippen molar-refractivity contribution in [2.75, 3.05) is 17.3 Å². The molecule has 1 aliphatic heterocycles. The van der Waals surface area contributed by atoms with Crippen molar-refractivity contribution >= 4 is 34.7 Å². The average molecular weight is 445 g/mol. The van der Waals surface area contributed by atoms with Crippen LogP contribution in [0.25, 0.3) is 11.8 Å². The predicted molar refractivity (Wildman–Crippen MR) is 139 cm³/mol. The van der Waals surface area contributed by atoms with E-state index < -0.39 is 0 Å². The number of para-hydroxylation sites is 1. The summed E-state index contributed by atoms with van der Waals surface area (Å²) in [6.45, 7) is 0. The van der Waals surface area contributed by atoms with E-state index in [0.29, 0.717) is 5.57 Å². The quantitative estimate of drug-likeness (QED) is 0.329. The second kappa shape index (κ2) is 9.51. The van der Waals surface area contributed by atoms with Gasteiger partial charge in [-0.05, 0) is 71.8 Å². The van der Waals surface area contributed by atoms with Crippen molar-refractivity contribution in [3.8, 4) is 5.75 Å². The fraction of sp³-hybridized carbons (Fsp3) is 0.0333. The van der Waals surface area contributed by atoms with Gasteiger partial charge in [-0.15, -0.1) is 0 Å². The summed E-state index contributed by atoms with van der Waals surface area (Å²) >= 11 is 0. The number of anilines is 3. The number of ether oxygens (including phenoxy) is 1. The van der Waals surface area contributed by atoms with E-state index >= 15 is 0 Å². The SMILES string of the molecule is COc1ccc(/C=C2\C=C(c3ccccc3)N(c3ccc(Nc4ccccc4)cc3)C2=O)cc1. The molecule has 166 valence electrons. The fourth-order valence-corrected chi connectivity index (χ4v) is 3.95. The third kappa shape index (κ3) is 4.48. The van der Waals surface area contributed by atoms with Gasteiger partial charge in [-0.1, -0.05) is 60.7 Å². The van der Waals surface area contributed by atoms with Gasteiger partial charge in [0.1, 0.15) is 5.75 Å². The van der Waals surface area contributed by atoms with Crippen LogP contribution in [-0.2, 0) is 4.79 Å². The minimum Gasteiger partial charge on any atom is -0.497 e. The highest BCUT2D eigenvalue weighted by Gasteiger charge is 2.30. The largest absolute Gasteiger partial charge is 0.497 e. The Hall–Kier alpha value is -4.57. The first-order valence-electron chi connectivity index (χ1n) is 11.1. The first-order chi connectivity index (χ1) is 16.7. The molecule has 4 aromatic rings. The van der Waals surface area contributed by atoms with Gasteiger partial charge in [-0.3, -0.25) is 9.69 Å². The lowest BCUT2D eigenvalue weighted by molar-refractivity contribution is -0.113. The topological polar surface area (TPSA) is 41.6 Å². The highest BCUT2D eigenvalue weighted by Crippen LogP contribution is 2.36. The maximum absolute atomic E-state index is 13.6. The molecule has 4 heteroatoms. The summed E-state index contributed by atoms with van der Waals surface area (Å²) in [5.74, 6) is 0.727. The zero-order chi connectivity index (χ0) is 23.3. The highest BCUT2D eigenvalue weighted by molar-refractivity contribution is 6.23. The van der Waals surface area contributed by atoms with Crippen molar-refractivity contribution in [1.29, 1.82) is 0 Å². The summed E-state index contributed by atoms with van der Waals surface area (Å²) in [6.07, 6.45) is 3.87. The summed E-state index contributed by atoms with van der Waals surface area (Å²) < 4.78 is 5.24. The molecule has 0 saturated carbocycles. The molecule has 0 bridgehead atoms. The van der Waals surface area contributed by atoms with E-state index in [-0.39, 0.29) is 5.91 Å². The highest BCUT2D eigenvalue weighted by atomic mass is 16.5. The van der Waals surface area contributed by atoms with Gasteiger partial charge >= 0.3 is 0 Å². The number of rotatable bonds is 6. The van der Waals surface area contributed by atoms with Gasteiger partial charge in [-0.25, -0.2) is 0 Å². The van der Waals surface area contributed by atoms with Gasteiger partial charge in [0, 0.05) is 22.6 Å². The van der Waals surface area contributed by atoms with Crippen LogP contribution in [0.2, 0.25) is 0 Å². The van der Waals surface area contributed by atoms with Crippen molar-refractivity contribution in [1.82, 2.24) is 0 Å². The summed E-state index contributed by atoms with van der Waals surface area (Å²) in [5, 5.41) is 3.39. The Kier molecular flexibility index (Phi) is 5.95. The van der Waals surface area contributed by atoms with Crippen LogP contribution in [-0.4, -0.2) is 13.0 Å². The molecule has 5 rings (SSSR count). The van der Waals surface area contributed by atoms with Gasteiger partial charge < -0.3 is 10.1 Å². The minimum atomic E-state index is -0.0570. The number of carbonyl (C=O) groups excluding carboxylic acids is 1. The van der Waals surface area contributed by atoms with Crippen LogP contribution < -0.4 is 15.0 Å². The molecule has 0 saturated heterocycles. The molecule has 0 radical (unpaired) electrons. The summed E-state index contributed by atoms with van der Waals surface area (Å²) in [5.41, 5.74) is 6.21. The molecule has 1 heterocycles. The third-order valence-electron chi connectivity index (χ3n) is 5.68. The van der Waals surface area contributed by atoms with Gasteiger partial charge in [0.05, 0.1) is 12.8 Å². The van der Waals surface area contributed by atoms with E-state index in [1.165, 1.54) is 0 Å². The number of benzene rings is 4. The van der Waals surface area contributed by atoms with E-state index in [1.807, 2.05) is 121 Å². The molecular weight excluding hydrogens is 420 g/mol. The maximum atomic E-state index is 13.6. The van der Waals surface area contributed by atoms with E-state index in [0.717, 1.165) is 39.6 Å². The molecular formula is C30H24N2O2. The molecule has 0 aromatic heterocycles. The van der Waals surface area contributed by atoms with Crippen molar-refractivity contribution in [3.63, 3.8) is 0 Å². The molecule has 1 aliphatic rings. The molecule has 4 aromatic carbocycles. The number of hydrogen-bond acceptors (Lipinski definition) is 3. The van der Waals surface area contributed by atoms with E-state index in [1.54, 1.807) is 12.0 Å². The Bertz CT molecular complexity index is 1340. The molecule has 0 fully saturated rings.